The number of rotatable bonds is 6. The molecule has 0 aliphatic carbocycles. The maximum absolute atomic E-state index is 13.0. The Bertz CT molecular complexity index is 1350. The van der Waals surface area contributed by atoms with Crippen molar-refractivity contribution in [2.24, 2.45) is 0 Å². The van der Waals surface area contributed by atoms with E-state index in [0.29, 0.717) is 40.1 Å². The number of aromatic nitrogens is 4. The quantitative estimate of drug-likeness (QED) is 0.455. The summed E-state index contributed by atoms with van der Waals surface area (Å²) in [6.07, 6.45) is 0. The predicted octanol–water partition coefficient (Wildman–Crippen LogP) is 2.69. The lowest BCUT2D eigenvalue weighted by atomic mass is 10.2. The van der Waals surface area contributed by atoms with E-state index in [1.165, 1.54) is 14.2 Å². The lowest BCUT2D eigenvalue weighted by molar-refractivity contribution is 0.288. The molecule has 160 valence electrons. The van der Waals surface area contributed by atoms with Crippen molar-refractivity contribution in [1.29, 1.82) is 0 Å². The fourth-order valence-electron chi connectivity index (χ4n) is 3.11. The van der Waals surface area contributed by atoms with Crippen molar-refractivity contribution >= 4 is 16.3 Å². The standard InChI is InChI=1S/C21H20N4O5S/c1-5-30-17-15(28-3)10-13(11-16(17)29-4)18-23-25-20(31-18)22-19(26)24(21(25)27)14-8-6-12(2)7-9-14/h6-11H,5H2,1-4H3. The molecule has 9 nitrogen and oxygen atoms in total. The molecule has 0 radical (unpaired) electrons. The van der Waals surface area contributed by atoms with Gasteiger partial charge >= 0.3 is 11.4 Å². The van der Waals surface area contributed by atoms with Gasteiger partial charge in [-0.25, -0.2) is 14.2 Å². The van der Waals surface area contributed by atoms with Crippen molar-refractivity contribution in [2.75, 3.05) is 20.8 Å². The third-order valence-electron chi connectivity index (χ3n) is 4.60. The van der Waals surface area contributed by atoms with Crippen LogP contribution in [0.25, 0.3) is 21.2 Å². The van der Waals surface area contributed by atoms with Crippen molar-refractivity contribution in [3.63, 3.8) is 0 Å². The van der Waals surface area contributed by atoms with E-state index in [1.807, 2.05) is 26.0 Å². The van der Waals surface area contributed by atoms with Crippen LogP contribution in [0.5, 0.6) is 17.2 Å². The molecule has 10 heteroatoms. The van der Waals surface area contributed by atoms with Gasteiger partial charge in [-0.1, -0.05) is 29.0 Å². The number of hydrogen-bond acceptors (Lipinski definition) is 8. The molecular formula is C21H20N4O5S. The first-order valence-corrected chi connectivity index (χ1v) is 10.3. The molecule has 0 fully saturated rings. The average Bonchev–Trinajstić information content (AvgIpc) is 3.19. The largest absolute Gasteiger partial charge is 0.493 e. The summed E-state index contributed by atoms with van der Waals surface area (Å²) in [5.74, 6) is 1.41. The number of ether oxygens (including phenoxy) is 3. The van der Waals surface area contributed by atoms with Gasteiger partial charge in [-0.2, -0.15) is 9.50 Å². The number of aryl methyl sites for hydroxylation is 1. The van der Waals surface area contributed by atoms with Gasteiger partial charge in [0.15, 0.2) is 11.5 Å². The first-order chi connectivity index (χ1) is 15.0. The molecule has 0 unspecified atom stereocenters. The Kier molecular flexibility index (Phi) is 5.47. The molecule has 4 rings (SSSR count). The molecule has 0 atom stereocenters. The normalized spacial score (nSPS) is 11.0. The van der Waals surface area contributed by atoms with Crippen molar-refractivity contribution in [3.8, 4) is 33.5 Å². The summed E-state index contributed by atoms with van der Waals surface area (Å²) in [4.78, 5) is 29.8. The highest BCUT2D eigenvalue weighted by Gasteiger charge is 2.19. The molecule has 0 N–H and O–H groups in total. The van der Waals surface area contributed by atoms with E-state index in [4.69, 9.17) is 14.2 Å². The van der Waals surface area contributed by atoms with Gasteiger partial charge in [0.25, 0.3) is 0 Å². The van der Waals surface area contributed by atoms with Gasteiger partial charge in [-0.3, -0.25) is 0 Å². The van der Waals surface area contributed by atoms with Gasteiger partial charge in [-0.15, -0.1) is 5.10 Å². The highest BCUT2D eigenvalue weighted by Crippen LogP contribution is 2.42. The third-order valence-corrected chi connectivity index (χ3v) is 5.56. The smallest absolute Gasteiger partial charge is 0.360 e. The number of fused-ring (bicyclic) bond motifs is 1. The topological polar surface area (TPSA) is 97.0 Å². The van der Waals surface area contributed by atoms with Gasteiger partial charge in [0.1, 0.15) is 5.01 Å². The maximum Gasteiger partial charge on any atom is 0.360 e. The Balaban J connectivity index is 1.89. The first-order valence-electron chi connectivity index (χ1n) is 9.46. The number of benzene rings is 2. The molecule has 31 heavy (non-hydrogen) atoms. The molecule has 0 saturated carbocycles. The fraction of sp³-hybridized carbons (Fsp3) is 0.238. The number of hydrogen-bond donors (Lipinski definition) is 0. The second kappa shape index (κ2) is 8.23. The van der Waals surface area contributed by atoms with Crippen LogP contribution in [0.2, 0.25) is 0 Å². The van der Waals surface area contributed by atoms with E-state index in [0.717, 1.165) is 26.0 Å². The van der Waals surface area contributed by atoms with Gasteiger partial charge in [0.2, 0.25) is 10.7 Å². The van der Waals surface area contributed by atoms with Crippen LogP contribution >= 0.6 is 11.3 Å². The lowest BCUT2D eigenvalue weighted by Crippen LogP contribution is -2.37. The van der Waals surface area contributed by atoms with E-state index in [1.54, 1.807) is 24.3 Å². The minimum atomic E-state index is -0.661. The summed E-state index contributed by atoms with van der Waals surface area (Å²) in [7, 11) is 3.05. The SMILES string of the molecule is CCOc1c(OC)cc(-c2nn3c(=O)n(-c4ccc(C)cc4)c(=O)nc3s2)cc1OC. The molecule has 0 aliphatic heterocycles. The molecule has 0 bridgehead atoms. The van der Waals surface area contributed by atoms with Crippen LogP contribution in [-0.2, 0) is 0 Å². The molecule has 4 aromatic rings. The Hall–Kier alpha value is -3.66. The van der Waals surface area contributed by atoms with Crippen molar-refractivity contribution < 1.29 is 14.2 Å². The Morgan fingerprint density at radius 2 is 1.68 bits per heavy atom. The van der Waals surface area contributed by atoms with E-state index in [9.17, 15) is 9.59 Å². The van der Waals surface area contributed by atoms with Crippen LogP contribution < -0.4 is 25.6 Å². The summed E-state index contributed by atoms with van der Waals surface area (Å²) in [6.45, 7) is 4.23. The van der Waals surface area contributed by atoms with Crippen LogP contribution in [0.1, 0.15) is 12.5 Å². The molecule has 2 aromatic heterocycles. The second-order valence-electron chi connectivity index (χ2n) is 6.59. The van der Waals surface area contributed by atoms with E-state index in [2.05, 4.69) is 10.1 Å². The zero-order chi connectivity index (χ0) is 22.1. The second-order valence-corrected chi connectivity index (χ2v) is 7.55. The van der Waals surface area contributed by atoms with Crippen LogP contribution in [-0.4, -0.2) is 40.0 Å². The minimum Gasteiger partial charge on any atom is -0.493 e. The molecule has 0 spiro atoms. The zero-order valence-corrected chi connectivity index (χ0v) is 18.2. The van der Waals surface area contributed by atoms with Crippen LogP contribution in [0.3, 0.4) is 0 Å². The highest BCUT2D eigenvalue weighted by molar-refractivity contribution is 7.19. The molecule has 2 aromatic carbocycles. The van der Waals surface area contributed by atoms with Crippen LogP contribution in [0, 0.1) is 6.92 Å². The van der Waals surface area contributed by atoms with E-state index >= 15 is 0 Å². The van der Waals surface area contributed by atoms with Gasteiger partial charge < -0.3 is 14.2 Å². The first kappa shape index (κ1) is 20.6. The minimum absolute atomic E-state index is 0.195. The monoisotopic (exact) mass is 440 g/mol. The average molecular weight is 440 g/mol. The van der Waals surface area contributed by atoms with E-state index in [-0.39, 0.29) is 4.96 Å². The maximum atomic E-state index is 13.0. The summed E-state index contributed by atoms with van der Waals surface area (Å²) < 4.78 is 18.6. The van der Waals surface area contributed by atoms with Crippen LogP contribution in [0.4, 0.5) is 0 Å². The number of nitrogens with zero attached hydrogens (tertiary/aromatic N) is 4. The summed E-state index contributed by atoms with van der Waals surface area (Å²) in [6, 6.07) is 10.5. The Morgan fingerprint density at radius 1 is 1.03 bits per heavy atom. The van der Waals surface area contributed by atoms with Crippen LogP contribution in [0.15, 0.2) is 46.0 Å². The molecule has 0 saturated heterocycles. The zero-order valence-electron chi connectivity index (χ0n) is 17.4. The van der Waals surface area contributed by atoms with Gasteiger partial charge in [0.05, 0.1) is 26.5 Å². The lowest BCUT2D eigenvalue weighted by Gasteiger charge is -2.14. The summed E-state index contributed by atoms with van der Waals surface area (Å²) in [5.41, 5.74) is 0.834. The van der Waals surface area contributed by atoms with Crippen molar-refractivity contribution in [1.82, 2.24) is 19.2 Å². The number of methoxy groups -OCH3 is 2. The van der Waals surface area contributed by atoms with Gasteiger partial charge in [-0.05, 0) is 38.1 Å². The third kappa shape index (κ3) is 3.66. The summed E-state index contributed by atoms with van der Waals surface area (Å²) in [5, 5.41) is 4.88. The summed E-state index contributed by atoms with van der Waals surface area (Å²) >= 11 is 1.12. The molecular weight excluding hydrogens is 420 g/mol. The predicted molar refractivity (Wildman–Crippen MR) is 117 cm³/mol. The highest BCUT2D eigenvalue weighted by atomic mass is 32.1. The Morgan fingerprint density at radius 3 is 2.26 bits per heavy atom. The fourth-order valence-corrected chi connectivity index (χ4v) is 3.97. The Labute approximate surface area is 181 Å². The van der Waals surface area contributed by atoms with E-state index < -0.39 is 11.4 Å². The molecule has 0 amide bonds. The molecule has 0 aliphatic rings. The van der Waals surface area contributed by atoms with Gasteiger partial charge in [0, 0.05) is 5.56 Å². The van der Waals surface area contributed by atoms with Crippen molar-refractivity contribution in [2.45, 2.75) is 13.8 Å². The van der Waals surface area contributed by atoms with Crippen molar-refractivity contribution in [3.05, 3.63) is 62.9 Å². The molecule has 2 heterocycles.